The predicted octanol–water partition coefficient (Wildman–Crippen LogP) is 3.91. The number of carbonyl (C=O) groups excluding carboxylic acids is 1. The second-order valence-electron chi connectivity index (χ2n) is 5.00. The molecule has 1 aliphatic carbocycles. The zero-order valence-electron chi connectivity index (χ0n) is 11.4. The van der Waals surface area contributed by atoms with Gasteiger partial charge in [-0.25, -0.2) is 0 Å². The predicted molar refractivity (Wildman–Crippen MR) is 78.0 cm³/mol. The average molecular weight is 327 g/mol. The number of hydrogen-bond acceptors (Lipinski definition) is 3. The topological polar surface area (TPSA) is 35.5 Å². The summed E-state index contributed by atoms with van der Waals surface area (Å²) in [6.45, 7) is 1.59. The second kappa shape index (κ2) is 6.42. The fourth-order valence-electron chi connectivity index (χ4n) is 2.48. The molecule has 1 aromatic carbocycles. The van der Waals surface area contributed by atoms with Crippen molar-refractivity contribution in [3.8, 4) is 11.5 Å². The number of methoxy groups -OCH3 is 1. The van der Waals surface area contributed by atoms with E-state index in [4.69, 9.17) is 9.47 Å². The van der Waals surface area contributed by atoms with Crippen LogP contribution in [0.25, 0.3) is 0 Å². The first-order valence-corrected chi connectivity index (χ1v) is 7.42. The third-order valence-corrected chi connectivity index (χ3v) is 3.80. The molecule has 1 aliphatic rings. The van der Waals surface area contributed by atoms with E-state index < -0.39 is 0 Å². The van der Waals surface area contributed by atoms with Crippen molar-refractivity contribution in [2.75, 3.05) is 7.11 Å². The molecule has 0 N–H and O–H groups in total. The largest absolute Gasteiger partial charge is 0.493 e. The van der Waals surface area contributed by atoms with Crippen LogP contribution in [0.15, 0.2) is 16.6 Å². The zero-order valence-corrected chi connectivity index (χ0v) is 13.0. The van der Waals surface area contributed by atoms with Gasteiger partial charge >= 0.3 is 0 Å². The van der Waals surface area contributed by atoms with Crippen LogP contribution in [0.5, 0.6) is 11.5 Å². The molecule has 104 valence electrons. The summed E-state index contributed by atoms with van der Waals surface area (Å²) in [6, 6.07) is 3.82. The molecule has 2 rings (SSSR count). The van der Waals surface area contributed by atoms with Gasteiger partial charge in [0.25, 0.3) is 0 Å². The van der Waals surface area contributed by atoms with Crippen molar-refractivity contribution >= 4 is 21.7 Å². The van der Waals surface area contributed by atoms with Gasteiger partial charge in [-0.3, -0.25) is 4.79 Å². The molecule has 1 saturated carbocycles. The van der Waals surface area contributed by atoms with E-state index in [9.17, 15) is 4.79 Å². The number of rotatable bonds is 5. The van der Waals surface area contributed by atoms with Gasteiger partial charge in [0.2, 0.25) is 0 Å². The monoisotopic (exact) mass is 326 g/mol. The molecule has 0 unspecified atom stereocenters. The number of hydrogen-bond donors (Lipinski definition) is 0. The highest BCUT2D eigenvalue weighted by atomic mass is 79.9. The average Bonchev–Trinajstić information content (AvgIpc) is 2.84. The number of benzene rings is 1. The standard InChI is InChI=1S/C15H19BrO3/c1-10(17)7-11-8-12(16)9-14(18-2)15(11)19-13-5-3-4-6-13/h8-9,13H,3-7H2,1-2H3. The van der Waals surface area contributed by atoms with Crippen LogP contribution in [0.1, 0.15) is 38.2 Å². The van der Waals surface area contributed by atoms with E-state index in [0.29, 0.717) is 12.2 Å². The lowest BCUT2D eigenvalue weighted by atomic mass is 10.1. The maximum atomic E-state index is 11.4. The van der Waals surface area contributed by atoms with Crippen LogP contribution in [-0.4, -0.2) is 19.0 Å². The SMILES string of the molecule is COc1cc(Br)cc(CC(C)=O)c1OC1CCCC1. The summed E-state index contributed by atoms with van der Waals surface area (Å²) in [5, 5.41) is 0. The molecule has 4 heteroatoms. The lowest BCUT2D eigenvalue weighted by Crippen LogP contribution is -2.14. The summed E-state index contributed by atoms with van der Waals surface area (Å²) >= 11 is 3.44. The summed E-state index contributed by atoms with van der Waals surface area (Å²) in [5.41, 5.74) is 0.894. The van der Waals surface area contributed by atoms with Crippen molar-refractivity contribution in [3.63, 3.8) is 0 Å². The molecule has 0 aromatic heterocycles. The van der Waals surface area contributed by atoms with Gasteiger partial charge in [-0.2, -0.15) is 0 Å². The third-order valence-electron chi connectivity index (χ3n) is 3.34. The summed E-state index contributed by atoms with van der Waals surface area (Å²) in [4.78, 5) is 11.4. The van der Waals surface area contributed by atoms with Crippen LogP contribution in [0.4, 0.5) is 0 Å². The Morgan fingerprint density at radius 3 is 2.63 bits per heavy atom. The molecular formula is C15H19BrO3. The highest BCUT2D eigenvalue weighted by Crippen LogP contribution is 2.37. The first-order chi connectivity index (χ1) is 9.10. The van der Waals surface area contributed by atoms with Gasteiger partial charge < -0.3 is 9.47 Å². The van der Waals surface area contributed by atoms with Gasteiger partial charge in [0, 0.05) is 16.5 Å². The summed E-state index contributed by atoms with van der Waals surface area (Å²) in [7, 11) is 1.63. The second-order valence-corrected chi connectivity index (χ2v) is 5.92. The zero-order chi connectivity index (χ0) is 13.8. The normalized spacial score (nSPS) is 15.5. The third kappa shape index (κ3) is 3.72. The Kier molecular flexibility index (Phi) is 4.86. The van der Waals surface area contributed by atoms with E-state index in [0.717, 1.165) is 28.6 Å². The first-order valence-electron chi connectivity index (χ1n) is 6.62. The van der Waals surface area contributed by atoms with E-state index in [1.807, 2.05) is 12.1 Å². The molecule has 3 nitrogen and oxygen atoms in total. The summed E-state index contributed by atoms with van der Waals surface area (Å²) in [5.74, 6) is 1.54. The minimum atomic E-state index is 0.122. The molecule has 19 heavy (non-hydrogen) atoms. The van der Waals surface area contributed by atoms with E-state index in [1.54, 1.807) is 14.0 Å². The van der Waals surface area contributed by atoms with Gasteiger partial charge in [-0.1, -0.05) is 15.9 Å². The molecule has 0 radical (unpaired) electrons. The highest BCUT2D eigenvalue weighted by Gasteiger charge is 2.21. The van der Waals surface area contributed by atoms with Crippen molar-refractivity contribution < 1.29 is 14.3 Å². The van der Waals surface area contributed by atoms with Crippen molar-refractivity contribution in [2.24, 2.45) is 0 Å². The summed E-state index contributed by atoms with van der Waals surface area (Å²) < 4.78 is 12.4. The highest BCUT2D eigenvalue weighted by molar-refractivity contribution is 9.10. The molecule has 1 fully saturated rings. The Balaban J connectivity index is 2.32. The van der Waals surface area contributed by atoms with Crippen LogP contribution in [0, 0.1) is 0 Å². The van der Waals surface area contributed by atoms with E-state index in [2.05, 4.69) is 15.9 Å². The maximum absolute atomic E-state index is 11.4. The number of Topliss-reactive ketones (excluding diaryl/α,β-unsaturated/α-hetero) is 1. The first kappa shape index (κ1) is 14.4. The molecule has 0 bridgehead atoms. The van der Waals surface area contributed by atoms with Crippen molar-refractivity contribution in [2.45, 2.75) is 45.1 Å². The van der Waals surface area contributed by atoms with Crippen LogP contribution in [-0.2, 0) is 11.2 Å². The summed E-state index contributed by atoms with van der Waals surface area (Å²) in [6.07, 6.45) is 5.22. The Labute approximate surface area is 122 Å². The fraction of sp³-hybridized carbons (Fsp3) is 0.533. The van der Waals surface area contributed by atoms with Gasteiger partial charge in [0.1, 0.15) is 5.78 Å². The van der Waals surface area contributed by atoms with E-state index >= 15 is 0 Å². The molecule has 0 aliphatic heterocycles. The smallest absolute Gasteiger partial charge is 0.165 e. The Hall–Kier alpha value is -1.03. The van der Waals surface area contributed by atoms with Crippen LogP contribution >= 0.6 is 15.9 Å². The van der Waals surface area contributed by atoms with Gasteiger partial charge in [0.15, 0.2) is 11.5 Å². The molecule has 0 amide bonds. The minimum Gasteiger partial charge on any atom is -0.493 e. The lowest BCUT2D eigenvalue weighted by Gasteiger charge is -2.19. The molecular weight excluding hydrogens is 308 g/mol. The Morgan fingerprint density at radius 1 is 1.37 bits per heavy atom. The molecule has 0 saturated heterocycles. The Morgan fingerprint density at radius 2 is 2.05 bits per heavy atom. The van der Waals surface area contributed by atoms with Gasteiger partial charge in [-0.15, -0.1) is 0 Å². The number of ketones is 1. The van der Waals surface area contributed by atoms with Crippen molar-refractivity contribution in [3.05, 3.63) is 22.2 Å². The minimum absolute atomic E-state index is 0.122. The molecule has 0 spiro atoms. The number of halogens is 1. The molecule has 0 atom stereocenters. The maximum Gasteiger partial charge on any atom is 0.165 e. The number of carbonyl (C=O) groups is 1. The molecule has 0 heterocycles. The molecule has 1 aromatic rings. The lowest BCUT2D eigenvalue weighted by molar-refractivity contribution is -0.116. The Bertz CT molecular complexity index is 465. The van der Waals surface area contributed by atoms with Crippen molar-refractivity contribution in [1.82, 2.24) is 0 Å². The van der Waals surface area contributed by atoms with Crippen LogP contribution in [0.2, 0.25) is 0 Å². The van der Waals surface area contributed by atoms with E-state index in [1.165, 1.54) is 12.8 Å². The van der Waals surface area contributed by atoms with Crippen molar-refractivity contribution in [1.29, 1.82) is 0 Å². The van der Waals surface area contributed by atoms with Crippen LogP contribution < -0.4 is 9.47 Å². The van der Waals surface area contributed by atoms with E-state index in [-0.39, 0.29) is 11.9 Å². The fourth-order valence-corrected chi connectivity index (χ4v) is 2.96. The van der Waals surface area contributed by atoms with Gasteiger partial charge in [-0.05, 0) is 44.7 Å². The van der Waals surface area contributed by atoms with Gasteiger partial charge in [0.05, 0.1) is 13.2 Å². The van der Waals surface area contributed by atoms with Crippen LogP contribution in [0.3, 0.4) is 0 Å². The number of ether oxygens (including phenoxy) is 2. The quantitative estimate of drug-likeness (QED) is 0.822.